The predicted molar refractivity (Wildman–Crippen MR) is 78.5 cm³/mol. The Bertz CT molecular complexity index is 693. The molecule has 3 aliphatic heterocycles. The Balaban J connectivity index is 1.73. The first-order valence-electron chi connectivity index (χ1n) is 7.96. The molecule has 2 bridgehead atoms. The molecule has 2 fully saturated rings. The molecule has 4 rings (SSSR count). The number of carbonyl (C=O) groups excluding carboxylic acids is 3. The summed E-state index contributed by atoms with van der Waals surface area (Å²) in [4.78, 5) is 35.6. The van der Waals surface area contributed by atoms with Crippen LogP contribution >= 0.6 is 0 Å². The Labute approximate surface area is 138 Å². The van der Waals surface area contributed by atoms with Crippen molar-refractivity contribution in [3.63, 3.8) is 0 Å². The molecule has 7 heteroatoms. The molecule has 6 atom stereocenters. The minimum absolute atomic E-state index is 0.180. The van der Waals surface area contributed by atoms with Gasteiger partial charge in [-0.05, 0) is 13.0 Å². The maximum Gasteiger partial charge on any atom is 0.338 e. The minimum Gasteiger partial charge on any atom is -0.458 e. The van der Waals surface area contributed by atoms with Gasteiger partial charge in [-0.15, -0.1) is 0 Å². The van der Waals surface area contributed by atoms with Crippen molar-refractivity contribution >= 4 is 17.9 Å². The molecule has 4 aliphatic rings. The van der Waals surface area contributed by atoms with Crippen LogP contribution in [0.3, 0.4) is 0 Å². The van der Waals surface area contributed by atoms with E-state index in [-0.39, 0.29) is 6.10 Å². The lowest BCUT2D eigenvalue weighted by Crippen LogP contribution is -2.33. The molecular formula is C17H18O7. The number of carbonyl (C=O) groups is 3. The fourth-order valence-corrected chi connectivity index (χ4v) is 3.91. The van der Waals surface area contributed by atoms with E-state index >= 15 is 0 Å². The molecule has 0 aromatic rings. The number of ether oxygens (including phenoxy) is 4. The van der Waals surface area contributed by atoms with Gasteiger partial charge in [0.1, 0.15) is 18.3 Å². The van der Waals surface area contributed by atoms with Gasteiger partial charge < -0.3 is 18.9 Å². The van der Waals surface area contributed by atoms with Gasteiger partial charge in [0.25, 0.3) is 0 Å². The molecule has 2 saturated heterocycles. The monoisotopic (exact) mass is 334 g/mol. The maximum atomic E-state index is 12.3. The lowest BCUT2D eigenvalue weighted by Gasteiger charge is -2.23. The largest absolute Gasteiger partial charge is 0.458 e. The van der Waals surface area contributed by atoms with Crippen LogP contribution in [-0.4, -0.2) is 47.9 Å². The highest BCUT2D eigenvalue weighted by Gasteiger charge is 2.60. The first-order valence-corrected chi connectivity index (χ1v) is 7.96. The summed E-state index contributed by atoms with van der Waals surface area (Å²) in [5.41, 5.74) is 0.105. The Morgan fingerprint density at radius 2 is 2.08 bits per heavy atom. The van der Waals surface area contributed by atoms with E-state index in [0.29, 0.717) is 24.0 Å². The van der Waals surface area contributed by atoms with Crippen LogP contribution in [0.2, 0.25) is 0 Å². The van der Waals surface area contributed by atoms with Gasteiger partial charge in [-0.3, -0.25) is 4.79 Å². The number of esters is 3. The first kappa shape index (κ1) is 15.4. The number of epoxide rings is 1. The van der Waals surface area contributed by atoms with Crippen LogP contribution in [0.5, 0.6) is 0 Å². The van der Waals surface area contributed by atoms with Crippen molar-refractivity contribution < 1.29 is 33.3 Å². The Kier molecular flexibility index (Phi) is 3.16. The standard InChI is InChI=1S/C17H18O7/c1-7-14-11-4-9(16(20)22-11)10(21-8(2)18)5-13-17(3,24-13)6-12(14)23-15(7)19/h4,10-14H,1,5-6H2,2-3H3/t10?,11?,12?,13?,14?,17-/m0/s1. The quantitative estimate of drug-likeness (QED) is 0.303. The summed E-state index contributed by atoms with van der Waals surface area (Å²) in [6.07, 6.45) is 0.501. The fourth-order valence-electron chi connectivity index (χ4n) is 3.91. The Morgan fingerprint density at radius 3 is 2.79 bits per heavy atom. The maximum absolute atomic E-state index is 12.3. The molecule has 0 radical (unpaired) electrons. The summed E-state index contributed by atoms with van der Waals surface area (Å²) in [6, 6.07) is 0. The van der Waals surface area contributed by atoms with Crippen molar-refractivity contribution in [3.05, 3.63) is 23.8 Å². The van der Waals surface area contributed by atoms with Crippen molar-refractivity contribution in [1.29, 1.82) is 0 Å². The summed E-state index contributed by atoms with van der Waals surface area (Å²) in [5.74, 6) is -1.93. The third kappa shape index (κ3) is 2.26. The van der Waals surface area contributed by atoms with Gasteiger partial charge in [0, 0.05) is 25.3 Å². The number of hydrogen-bond donors (Lipinski definition) is 0. The highest BCUT2D eigenvalue weighted by atomic mass is 16.6. The fraction of sp³-hybridized carbons (Fsp3) is 0.588. The zero-order valence-corrected chi connectivity index (χ0v) is 13.4. The van der Waals surface area contributed by atoms with Crippen molar-refractivity contribution in [2.45, 2.75) is 56.7 Å². The molecule has 1 aliphatic carbocycles. The van der Waals surface area contributed by atoms with Crippen LogP contribution in [0.1, 0.15) is 26.7 Å². The summed E-state index contributed by atoms with van der Waals surface area (Å²) >= 11 is 0. The molecule has 0 aromatic carbocycles. The van der Waals surface area contributed by atoms with Crippen molar-refractivity contribution in [2.24, 2.45) is 5.92 Å². The predicted octanol–water partition coefficient (Wildman–Crippen LogP) is 0.819. The first-order chi connectivity index (χ1) is 11.3. The SMILES string of the molecule is C=C1C(=O)OC2C[C@]3(C)OC3CC(OC(C)=O)C3=CC(OC3=O)C12. The van der Waals surface area contributed by atoms with Crippen LogP contribution in [0.25, 0.3) is 0 Å². The lowest BCUT2D eigenvalue weighted by atomic mass is 9.83. The number of fused-ring (bicyclic) bond motifs is 4. The molecule has 128 valence electrons. The molecule has 24 heavy (non-hydrogen) atoms. The zero-order valence-electron chi connectivity index (χ0n) is 13.4. The van der Waals surface area contributed by atoms with Crippen LogP contribution in [0.4, 0.5) is 0 Å². The van der Waals surface area contributed by atoms with E-state index < -0.39 is 47.7 Å². The van der Waals surface area contributed by atoms with Gasteiger partial charge in [0.15, 0.2) is 0 Å². The highest BCUT2D eigenvalue weighted by Crippen LogP contribution is 2.49. The molecule has 0 amide bonds. The van der Waals surface area contributed by atoms with Crippen LogP contribution in [-0.2, 0) is 33.3 Å². The zero-order chi connectivity index (χ0) is 17.2. The second-order valence-electron chi connectivity index (χ2n) is 6.94. The number of hydrogen-bond acceptors (Lipinski definition) is 7. The summed E-state index contributed by atoms with van der Waals surface area (Å²) in [6.45, 7) is 7.02. The smallest absolute Gasteiger partial charge is 0.338 e. The summed E-state index contributed by atoms with van der Waals surface area (Å²) in [7, 11) is 0. The van der Waals surface area contributed by atoms with Crippen LogP contribution in [0, 0.1) is 5.92 Å². The van der Waals surface area contributed by atoms with E-state index in [1.807, 2.05) is 6.92 Å². The molecule has 7 nitrogen and oxygen atoms in total. The van der Waals surface area contributed by atoms with Gasteiger partial charge in [0.05, 0.1) is 23.2 Å². The summed E-state index contributed by atoms with van der Waals surface area (Å²) in [5, 5.41) is 0. The average Bonchev–Trinajstić information content (AvgIpc) is 2.80. The normalized spacial score (nSPS) is 43.2. The van der Waals surface area contributed by atoms with Gasteiger partial charge in [0.2, 0.25) is 0 Å². The lowest BCUT2D eigenvalue weighted by molar-refractivity contribution is -0.148. The third-order valence-corrected chi connectivity index (χ3v) is 5.23. The van der Waals surface area contributed by atoms with Crippen molar-refractivity contribution in [3.8, 4) is 0 Å². The van der Waals surface area contributed by atoms with E-state index in [4.69, 9.17) is 18.9 Å². The second-order valence-corrected chi connectivity index (χ2v) is 6.94. The van der Waals surface area contributed by atoms with Gasteiger partial charge in [-0.25, -0.2) is 9.59 Å². The molecule has 0 saturated carbocycles. The van der Waals surface area contributed by atoms with E-state index in [1.165, 1.54) is 6.92 Å². The topological polar surface area (TPSA) is 91.4 Å². The Morgan fingerprint density at radius 1 is 1.33 bits per heavy atom. The van der Waals surface area contributed by atoms with E-state index in [9.17, 15) is 14.4 Å². The van der Waals surface area contributed by atoms with Gasteiger partial charge >= 0.3 is 17.9 Å². The molecule has 5 unspecified atom stereocenters. The highest BCUT2D eigenvalue weighted by molar-refractivity contribution is 5.94. The molecule has 0 spiro atoms. The van der Waals surface area contributed by atoms with Crippen LogP contribution in [0.15, 0.2) is 23.8 Å². The second kappa shape index (κ2) is 4.92. The van der Waals surface area contributed by atoms with Crippen molar-refractivity contribution in [2.75, 3.05) is 0 Å². The van der Waals surface area contributed by atoms with Gasteiger partial charge in [-0.1, -0.05) is 6.58 Å². The molecule has 0 aromatic heterocycles. The summed E-state index contributed by atoms with van der Waals surface area (Å²) < 4.78 is 21.9. The molecular weight excluding hydrogens is 316 g/mol. The molecule has 0 N–H and O–H groups in total. The van der Waals surface area contributed by atoms with E-state index in [1.54, 1.807) is 6.08 Å². The molecule has 3 heterocycles. The number of rotatable bonds is 1. The van der Waals surface area contributed by atoms with Crippen molar-refractivity contribution in [1.82, 2.24) is 0 Å². The average molecular weight is 334 g/mol. The van der Waals surface area contributed by atoms with E-state index in [0.717, 1.165) is 0 Å². The van der Waals surface area contributed by atoms with Crippen LogP contribution < -0.4 is 0 Å². The van der Waals surface area contributed by atoms with E-state index in [2.05, 4.69) is 6.58 Å². The Hall–Kier alpha value is -2.15. The minimum atomic E-state index is -0.713. The van der Waals surface area contributed by atoms with Gasteiger partial charge in [-0.2, -0.15) is 0 Å². The third-order valence-electron chi connectivity index (χ3n) is 5.23.